The largest absolute Gasteiger partial charge is 0.421 e. The quantitative estimate of drug-likeness (QED) is 0.551. The zero-order valence-electron chi connectivity index (χ0n) is 14.3. The van der Waals surface area contributed by atoms with Crippen molar-refractivity contribution >= 4 is 26.9 Å². The van der Waals surface area contributed by atoms with Crippen molar-refractivity contribution in [2.75, 3.05) is 0 Å². The van der Waals surface area contributed by atoms with Gasteiger partial charge >= 0.3 is 5.97 Å². The van der Waals surface area contributed by atoms with E-state index >= 15 is 0 Å². The van der Waals surface area contributed by atoms with Crippen molar-refractivity contribution in [1.82, 2.24) is 9.71 Å². The molecule has 1 N–H and O–H groups in total. The number of nitrogens with zero attached hydrogens (tertiary/aromatic N) is 1. The monoisotopic (exact) mass is 370 g/mol. The van der Waals surface area contributed by atoms with Crippen molar-refractivity contribution < 1.29 is 17.9 Å². The Morgan fingerprint density at radius 3 is 2.42 bits per heavy atom. The molecule has 0 spiro atoms. The maximum Gasteiger partial charge on any atom is 0.343 e. The molecule has 0 aliphatic heterocycles. The van der Waals surface area contributed by atoms with Gasteiger partial charge in [0.05, 0.1) is 10.5 Å². The lowest BCUT2D eigenvalue weighted by Crippen LogP contribution is -2.30. The van der Waals surface area contributed by atoms with Gasteiger partial charge in [-0.05, 0) is 50.2 Å². The molecule has 1 heterocycles. The first kappa shape index (κ1) is 18.0. The second kappa shape index (κ2) is 7.23. The minimum absolute atomic E-state index is 0.0922. The maximum absolute atomic E-state index is 12.4. The van der Waals surface area contributed by atoms with Crippen molar-refractivity contribution in [1.29, 1.82) is 0 Å². The van der Waals surface area contributed by atoms with Crippen LogP contribution in [-0.2, 0) is 10.0 Å². The molecule has 0 bridgehead atoms. The van der Waals surface area contributed by atoms with Crippen LogP contribution >= 0.6 is 0 Å². The number of nitrogens with one attached hydrogen (secondary N) is 1. The van der Waals surface area contributed by atoms with Crippen LogP contribution in [0.4, 0.5) is 0 Å². The van der Waals surface area contributed by atoms with Gasteiger partial charge in [-0.2, -0.15) is 0 Å². The van der Waals surface area contributed by atoms with Crippen LogP contribution in [0.1, 0.15) is 24.2 Å². The third-order valence-corrected chi connectivity index (χ3v) is 5.26. The van der Waals surface area contributed by atoms with Crippen LogP contribution in [0.2, 0.25) is 0 Å². The summed E-state index contributed by atoms with van der Waals surface area (Å²) in [7, 11) is -3.60. The summed E-state index contributed by atoms with van der Waals surface area (Å²) in [6.45, 7) is 3.48. The summed E-state index contributed by atoms with van der Waals surface area (Å²) in [6.07, 6.45) is 1.63. The van der Waals surface area contributed by atoms with E-state index in [2.05, 4.69) is 9.71 Å². The highest BCUT2D eigenvalue weighted by Gasteiger charge is 2.17. The molecule has 0 atom stereocenters. The number of carbonyl (C=O) groups excluding carboxylic acids is 1. The van der Waals surface area contributed by atoms with Crippen LogP contribution in [0.3, 0.4) is 0 Å². The molecule has 0 radical (unpaired) electrons. The van der Waals surface area contributed by atoms with Gasteiger partial charge < -0.3 is 4.74 Å². The summed E-state index contributed by atoms with van der Waals surface area (Å²) in [4.78, 5) is 16.7. The molecule has 1 aromatic heterocycles. The number of benzene rings is 2. The molecule has 7 heteroatoms. The fraction of sp³-hybridized carbons (Fsp3) is 0.158. The average molecular weight is 370 g/mol. The number of pyridine rings is 1. The fourth-order valence-corrected chi connectivity index (χ4v) is 3.72. The average Bonchev–Trinajstić information content (AvgIpc) is 2.61. The summed E-state index contributed by atoms with van der Waals surface area (Å²) < 4.78 is 32.2. The Labute approximate surface area is 151 Å². The number of ether oxygens (including phenoxy) is 1. The highest BCUT2D eigenvalue weighted by atomic mass is 32.2. The van der Waals surface area contributed by atoms with Gasteiger partial charge in [0.25, 0.3) is 0 Å². The molecule has 0 saturated carbocycles. The molecule has 3 aromatic rings. The van der Waals surface area contributed by atoms with Crippen molar-refractivity contribution in [3.8, 4) is 5.75 Å². The highest BCUT2D eigenvalue weighted by molar-refractivity contribution is 7.89. The fourth-order valence-electron chi connectivity index (χ4n) is 2.47. The third kappa shape index (κ3) is 3.89. The maximum atomic E-state index is 12.4. The van der Waals surface area contributed by atoms with Gasteiger partial charge in [-0.3, -0.25) is 4.98 Å². The topological polar surface area (TPSA) is 85.4 Å². The standard InChI is InChI=1S/C19H18N2O4S/c1-13(2)21-26(23,24)16-10-8-15(9-11-16)19(22)25-17-7-3-5-14-6-4-12-20-18(14)17/h3-13,21H,1-2H3. The van der Waals surface area contributed by atoms with Crippen molar-refractivity contribution in [2.45, 2.75) is 24.8 Å². The van der Waals surface area contributed by atoms with Crippen molar-refractivity contribution in [2.24, 2.45) is 0 Å². The van der Waals surface area contributed by atoms with Gasteiger partial charge in [-0.1, -0.05) is 18.2 Å². The van der Waals surface area contributed by atoms with Gasteiger partial charge in [0.1, 0.15) is 5.52 Å². The summed E-state index contributed by atoms with van der Waals surface area (Å²) in [5.41, 5.74) is 0.838. The molecule has 0 unspecified atom stereocenters. The first-order chi connectivity index (χ1) is 12.4. The molecule has 0 aliphatic rings. The summed E-state index contributed by atoms with van der Waals surface area (Å²) in [5, 5.41) is 0.860. The van der Waals surface area contributed by atoms with E-state index in [1.807, 2.05) is 12.1 Å². The number of sulfonamides is 1. The number of hydrogen-bond donors (Lipinski definition) is 1. The van der Waals surface area contributed by atoms with Crippen LogP contribution in [0.5, 0.6) is 5.75 Å². The SMILES string of the molecule is CC(C)NS(=O)(=O)c1ccc(C(=O)Oc2cccc3cccnc23)cc1. The Kier molecular flexibility index (Phi) is 5.01. The van der Waals surface area contributed by atoms with E-state index in [4.69, 9.17) is 4.74 Å². The zero-order valence-corrected chi connectivity index (χ0v) is 15.2. The molecule has 3 rings (SSSR count). The number of hydrogen-bond acceptors (Lipinski definition) is 5. The predicted molar refractivity (Wildman–Crippen MR) is 98.6 cm³/mol. The van der Waals surface area contributed by atoms with E-state index < -0.39 is 16.0 Å². The van der Waals surface area contributed by atoms with E-state index in [-0.39, 0.29) is 16.5 Å². The number of rotatable bonds is 5. The smallest absolute Gasteiger partial charge is 0.343 e. The van der Waals surface area contributed by atoms with E-state index in [0.29, 0.717) is 11.3 Å². The molecule has 0 saturated heterocycles. The molecule has 26 heavy (non-hydrogen) atoms. The lowest BCUT2D eigenvalue weighted by Gasteiger charge is -2.10. The number of para-hydroxylation sites is 1. The number of esters is 1. The molecule has 2 aromatic carbocycles. The van der Waals surface area contributed by atoms with E-state index in [1.54, 1.807) is 38.2 Å². The Morgan fingerprint density at radius 1 is 1.04 bits per heavy atom. The second-order valence-corrected chi connectivity index (χ2v) is 7.74. The molecule has 0 aliphatic carbocycles. The van der Waals surface area contributed by atoms with Gasteiger partial charge in [-0.15, -0.1) is 0 Å². The molecular formula is C19H18N2O4S. The number of fused-ring (bicyclic) bond motifs is 1. The van der Waals surface area contributed by atoms with Crippen LogP contribution < -0.4 is 9.46 Å². The first-order valence-electron chi connectivity index (χ1n) is 8.05. The van der Waals surface area contributed by atoms with E-state index in [1.165, 1.54) is 24.3 Å². The van der Waals surface area contributed by atoms with Crippen LogP contribution in [0.25, 0.3) is 10.9 Å². The number of carbonyl (C=O) groups is 1. The second-order valence-electron chi connectivity index (χ2n) is 6.02. The van der Waals surface area contributed by atoms with Gasteiger partial charge in [0.2, 0.25) is 10.0 Å². The summed E-state index contributed by atoms with van der Waals surface area (Å²) >= 11 is 0. The zero-order chi connectivity index (χ0) is 18.7. The van der Waals surface area contributed by atoms with Gasteiger partial charge in [-0.25, -0.2) is 17.9 Å². The molecule has 0 amide bonds. The Morgan fingerprint density at radius 2 is 1.73 bits per heavy atom. The minimum Gasteiger partial charge on any atom is -0.421 e. The normalized spacial score (nSPS) is 11.7. The molecular weight excluding hydrogens is 352 g/mol. The molecule has 134 valence electrons. The van der Waals surface area contributed by atoms with Crippen molar-refractivity contribution in [3.05, 3.63) is 66.4 Å². The lowest BCUT2D eigenvalue weighted by molar-refractivity contribution is 0.0736. The van der Waals surface area contributed by atoms with Crippen LogP contribution in [-0.4, -0.2) is 25.4 Å². The summed E-state index contributed by atoms with van der Waals surface area (Å²) in [6, 6.07) is 14.4. The minimum atomic E-state index is -3.60. The van der Waals surface area contributed by atoms with Gasteiger partial charge in [0.15, 0.2) is 5.75 Å². The highest BCUT2D eigenvalue weighted by Crippen LogP contribution is 2.24. The van der Waals surface area contributed by atoms with E-state index in [9.17, 15) is 13.2 Å². The van der Waals surface area contributed by atoms with Crippen LogP contribution in [0.15, 0.2) is 65.7 Å². The predicted octanol–water partition coefficient (Wildman–Crippen LogP) is 3.14. The molecule has 0 fully saturated rings. The third-order valence-electron chi connectivity index (χ3n) is 3.59. The van der Waals surface area contributed by atoms with Gasteiger partial charge in [0, 0.05) is 17.6 Å². The molecule has 6 nitrogen and oxygen atoms in total. The Bertz CT molecular complexity index is 1040. The number of aromatic nitrogens is 1. The van der Waals surface area contributed by atoms with Crippen LogP contribution in [0, 0.1) is 0 Å². The Hall–Kier alpha value is -2.77. The van der Waals surface area contributed by atoms with Crippen molar-refractivity contribution in [3.63, 3.8) is 0 Å². The first-order valence-corrected chi connectivity index (χ1v) is 9.53. The van der Waals surface area contributed by atoms with E-state index in [0.717, 1.165) is 5.39 Å². The lowest BCUT2D eigenvalue weighted by atomic mass is 10.2. The Balaban J connectivity index is 1.82. The summed E-state index contributed by atoms with van der Waals surface area (Å²) in [5.74, 6) is -0.227.